The molecule has 9 heteroatoms. The number of methoxy groups -OCH3 is 1. The van der Waals surface area contributed by atoms with Crippen molar-refractivity contribution in [1.29, 1.82) is 0 Å². The Morgan fingerprint density at radius 3 is 2.41 bits per heavy atom. The van der Waals surface area contributed by atoms with Gasteiger partial charge in [0.1, 0.15) is 18.1 Å². The predicted molar refractivity (Wildman–Crippen MR) is 182 cm³/mol. The van der Waals surface area contributed by atoms with Crippen LogP contribution in [-0.4, -0.2) is 17.6 Å². The summed E-state index contributed by atoms with van der Waals surface area (Å²) in [5.74, 6) is 1.16. The highest BCUT2D eigenvalue weighted by atomic mass is 127. The number of aromatic nitrogens is 1. The first-order chi connectivity index (χ1) is 21.4. The Morgan fingerprint density at radius 1 is 1.00 bits per heavy atom. The Kier molecular flexibility index (Phi) is 8.76. The standard InChI is InChI=1S/C35H28IN3O4S/c1-22-31(33(40)38-27-11-7-4-8-12-27)32(24-9-5-3-6-10-24)39-34(41)30(44-35(39)37-22)20-23-13-18-29(42-2)25(19-23)21-43-28-16-14-26(36)15-17-28/h3-20,32H,21H2,1-2H3,(H,38,40)/t32-/m0/s1. The summed E-state index contributed by atoms with van der Waals surface area (Å²) < 4.78 is 14.9. The average molecular weight is 714 g/mol. The lowest BCUT2D eigenvalue weighted by Gasteiger charge is -2.25. The lowest BCUT2D eigenvalue weighted by Crippen LogP contribution is -2.40. The van der Waals surface area contributed by atoms with Gasteiger partial charge in [-0.1, -0.05) is 65.9 Å². The number of hydrogen-bond donors (Lipinski definition) is 1. The first-order valence-corrected chi connectivity index (χ1v) is 15.8. The van der Waals surface area contributed by atoms with Gasteiger partial charge in [0.15, 0.2) is 4.80 Å². The van der Waals surface area contributed by atoms with Gasteiger partial charge in [-0.05, 0) is 95.2 Å². The van der Waals surface area contributed by atoms with Gasteiger partial charge in [0, 0.05) is 14.8 Å². The molecule has 44 heavy (non-hydrogen) atoms. The number of benzene rings is 4. The maximum Gasteiger partial charge on any atom is 0.271 e. The zero-order chi connectivity index (χ0) is 30.6. The minimum atomic E-state index is -0.632. The van der Waals surface area contributed by atoms with Gasteiger partial charge in [0.25, 0.3) is 11.5 Å². The van der Waals surface area contributed by atoms with Crippen LogP contribution in [-0.2, 0) is 11.4 Å². The van der Waals surface area contributed by atoms with Crippen molar-refractivity contribution in [3.63, 3.8) is 0 Å². The highest BCUT2D eigenvalue weighted by Crippen LogP contribution is 2.31. The van der Waals surface area contributed by atoms with E-state index in [1.54, 1.807) is 11.7 Å². The number of thiazole rings is 1. The fraction of sp³-hybridized carbons (Fsp3) is 0.114. The van der Waals surface area contributed by atoms with Gasteiger partial charge >= 0.3 is 0 Å². The number of carbonyl (C=O) groups excluding carboxylic acids is 1. The maximum atomic E-state index is 14.1. The van der Waals surface area contributed by atoms with Gasteiger partial charge in [0.05, 0.1) is 29.0 Å². The molecule has 0 spiro atoms. The monoisotopic (exact) mass is 713 g/mol. The van der Waals surface area contributed by atoms with Gasteiger partial charge in [-0.15, -0.1) is 0 Å². The van der Waals surface area contributed by atoms with E-state index < -0.39 is 6.04 Å². The van der Waals surface area contributed by atoms with Crippen LogP contribution in [0.4, 0.5) is 5.69 Å². The predicted octanol–water partition coefficient (Wildman–Crippen LogP) is 6.07. The molecule has 5 aromatic rings. The van der Waals surface area contributed by atoms with E-state index in [0.29, 0.717) is 38.6 Å². The molecule has 0 fully saturated rings. The third-order valence-corrected chi connectivity index (χ3v) is 8.93. The molecule has 1 amide bonds. The first kappa shape index (κ1) is 29.6. The van der Waals surface area contributed by atoms with Crippen molar-refractivity contribution >= 4 is 51.6 Å². The van der Waals surface area contributed by atoms with E-state index in [1.165, 1.54) is 11.3 Å². The largest absolute Gasteiger partial charge is 0.496 e. The van der Waals surface area contributed by atoms with Crippen LogP contribution in [0.3, 0.4) is 0 Å². The molecule has 1 aromatic heterocycles. The molecule has 1 aliphatic rings. The zero-order valence-corrected chi connectivity index (χ0v) is 27.0. The van der Waals surface area contributed by atoms with E-state index in [2.05, 4.69) is 27.9 Å². The van der Waals surface area contributed by atoms with Crippen LogP contribution in [0.5, 0.6) is 11.5 Å². The number of carbonyl (C=O) groups is 1. The van der Waals surface area contributed by atoms with Crippen LogP contribution < -0.4 is 29.7 Å². The van der Waals surface area contributed by atoms with Crippen LogP contribution in [0, 0.1) is 3.57 Å². The van der Waals surface area contributed by atoms with Crippen LogP contribution in [0.15, 0.2) is 124 Å². The number of para-hydroxylation sites is 1. The van der Waals surface area contributed by atoms with E-state index in [0.717, 1.165) is 26.0 Å². The Labute approximate surface area is 272 Å². The highest BCUT2D eigenvalue weighted by molar-refractivity contribution is 14.1. The second-order valence-corrected chi connectivity index (χ2v) is 12.4. The second kappa shape index (κ2) is 13.0. The highest BCUT2D eigenvalue weighted by Gasteiger charge is 2.32. The van der Waals surface area contributed by atoms with E-state index in [9.17, 15) is 9.59 Å². The summed E-state index contributed by atoms with van der Waals surface area (Å²) >= 11 is 3.56. The quantitative estimate of drug-likeness (QED) is 0.198. The number of amides is 1. The molecule has 220 valence electrons. The molecule has 1 atom stereocenters. The molecule has 0 saturated carbocycles. The lowest BCUT2D eigenvalue weighted by molar-refractivity contribution is -0.113. The molecule has 4 aromatic carbocycles. The third-order valence-electron chi connectivity index (χ3n) is 7.22. The molecular formula is C35H28IN3O4S. The Hall–Kier alpha value is -4.48. The van der Waals surface area contributed by atoms with E-state index in [4.69, 9.17) is 14.5 Å². The molecule has 7 nitrogen and oxygen atoms in total. The molecule has 1 N–H and O–H groups in total. The van der Waals surface area contributed by atoms with E-state index in [1.807, 2.05) is 116 Å². The molecule has 0 saturated heterocycles. The Morgan fingerprint density at radius 2 is 1.70 bits per heavy atom. The summed E-state index contributed by atoms with van der Waals surface area (Å²) in [6, 6.07) is 31.8. The van der Waals surface area contributed by atoms with Gasteiger partial charge in [-0.25, -0.2) is 4.99 Å². The molecular weight excluding hydrogens is 685 g/mol. The number of rotatable bonds is 8. The van der Waals surface area contributed by atoms with Gasteiger partial charge in [-0.3, -0.25) is 14.2 Å². The van der Waals surface area contributed by atoms with Crippen molar-refractivity contribution in [3.05, 3.63) is 154 Å². The minimum absolute atomic E-state index is 0.215. The number of nitrogens with zero attached hydrogens (tertiary/aromatic N) is 2. The van der Waals surface area contributed by atoms with Crippen LogP contribution in [0.1, 0.15) is 29.7 Å². The van der Waals surface area contributed by atoms with E-state index >= 15 is 0 Å². The average Bonchev–Trinajstić information content (AvgIpc) is 3.34. The maximum absolute atomic E-state index is 14.1. The SMILES string of the molecule is COc1ccc(C=c2sc3n(c2=O)[C@@H](c2ccccc2)C(C(=O)Nc2ccccc2)=C(C)N=3)cc1COc1ccc(I)cc1. The van der Waals surface area contributed by atoms with Crippen molar-refractivity contribution in [2.24, 2.45) is 4.99 Å². The molecule has 0 aliphatic carbocycles. The normalized spacial score (nSPS) is 14.5. The summed E-state index contributed by atoms with van der Waals surface area (Å²) in [5.41, 5.74) is 3.96. The van der Waals surface area contributed by atoms with E-state index in [-0.39, 0.29) is 11.5 Å². The number of anilines is 1. The van der Waals surface area contributed by atoms with Crippen molar-refractivity contribution in [2.75, 3.05) is 12.4 Å². The topological polar surface area (TPSA) is 81.9 Å². The van der Waals surface area contributed by atoms with Crippen LogP contribution in [0.25, 0.3) is 6.08 Å². The number of halogens is 1. The molecule has 1 aliphatic heterocycles. The Bertz CT molecular complexity index is 2040. The van der Waals surface area contributed by atoms with Crippen LogP contribution in [0.2, 0.25) is 0 Å². The van der Waals surface area contributed by atoms with Crippen molar-refractivity contribution in [2.45, 2.75) is 19.6 Å². The third kappa shape index (κ3) is 6.24. The molecule has 0 radical (unpaired) electrons. The zero-order valence-electron chi connectivity index (χ0n) is 24.0. The van der Waals surface area contributed by atoms with Gasteiger partial charge < -0.3 is 14.8 Å². The fourth-order valence-electron chi connectivity index (χ4n) is 5.13. The number of fused-ring (bicyclic) bond motifs is 1. The summed E-state index contributed by atoms with van der Waals surface area (Å²) in [5, 5.41) is 2.98. The van der Waals surface area contributed by atoms with Gasteiger partial charge in [-0.2, -0.15) is 0 Å². The number of ether oxygens (including phenoxy) is 2. The summed E-state index contributed by atoms with van der Waals surface area (Å²) in [6.45, 7) is 2.12. The number of allylic oxidation sites excluding steroid dienone is 1. The fourth-order valence-corrected chi connectivity index (χ4v) is 6.53. The smallest absolute Gasteiger partial charge is 0.271 e. The minimum Gasteiger partial charge on any atom is -0.496 e. The lowest BCUT2D eigenvalue weighted by atomic mass is 9.95. The first-order valence-electron chi connectivity index (χ1n) is 13.9. The van der Waals surface area contributed by atoms with Gasteiger partial charge in [0.2, 0.25) is 0 Å². The molecule has 2 heterocycles. The summed E-state index contributed by atoms with van der Waals surface area (Å²) in [6.07, 6.45) is 1.85. The number of hydrogen-bond acceptors (Lipinski definition) is 6. The van der Waals surface area contributed by atoms with Crippen molar-refractivity contribution in [3.8, 4) is 11.5 Å². The molecule has 0 unspecified atom stereocenters. The van der Waals surface area contributed by atoms with Crippen molar-refractivity contribution in [1.82, 2.24) is 4.57 Å². The summed E-state index contributed by atoms with van der Waals surface area (Å²) in [4.78, 5) is 33.0. The second-order valence-electron chi connectivity index (χ2n) is 10.1. The number of nitrogens with one attached hydrogen (secondary N) is 1. The van der Waals surface area contributed by atoms with Crippen molar-refractivity contribution < 1.29 is 14.3 Å². The molecule has 0 bridgehead atoms. The summed E-state index contributed by atoms with van der Waals surface area (Å²) in [7, 11) is 1.62. The molecule has 6 rings (SSSR count). The Balaban J connectivity index is 1.39. The van der Waals surface area contributed by atoms with Crippen LogP contribution >= 0.6 is 33.9 Å².